The number of piperidine rings is 1. The highest BCUT2D eigenvalue weighted by Gasteiger charge is 2.20. The number of thiophene rings is 1. The molecule has 156 valence electrons. The zero-order chi connectivity index (χ0) is 19.0. The molecule has 1 aliphatic heterocycles. The lowest BCUT2D eigenvalue weighted by molar-refractivity contribution is 0.222. The molecule has 3 heteroatoms. The van der Waals surface area contributed by atoms with Crippen LogP contribution in [0.25, 0.3) is 0 Å². The highest BCUT2D eigenvalue weighted by Crippen LogP contribution is 2.34. The molecule has 0 unspecified atom stereocenters. The lowest BCUT2D eigenvalue weighted by atomic mass is 9.80. The molecule has 3 fully saturated rings. The molecule has 0 bridgehead atoms. The number of hydrogen-bond donors (Lipinski definition) is 1. The summed E-state index contributed by atoms with van der Waals surface area (Å²) >= 11 is 1.98. The molecule has 2 aliphatic carbocycles. The van der Waals surface area contributed by atoms with Crippen molar-refractivity contribution in [2.45, 2.75) is 90.0 Å². The minimum absolute atomic E-state index is 0.843. The molecule has 0 amide bonds. The predicted octanol–water partition coefficient (Wildman–Crippen LogP) is 7.23. The van der Waals surface area contributed by atoms with Crippen molar-refractivity contribution in [2.24, 2.45) is 11.8 Å². The number of nitrogens with one attached hydrogen (secondary N) is 1. The van der Waals surface area contributed by atoms with Crippen LogP contribution in [0.4, 0.5) is 5.00 Å². The quantitative estimate of drug-likeness (QED) is 0.485. The SMILES string of the molecule is C(=C(/CNc1ccc(CN2CCCCC2)s1)C1CCCCC1)/C1CCCCC1. The van der Waals surface area contributed by atoms with E-state index in [1.54, 1.807) is 5.57 Å². The lowest BCUT2D eigenvalue weighted by Crippen LogP contribution is -2.28. The third-order valence-corrected chi connectivity index (χ3v) is 8.21. The van der Waals surface area contributed by atoms with Gasteiger partial charge in [-0.05, 0) is 75.6 Å². The second-order valence-electron chi connectivity index (χ2n) is 9.43. The second kappa shape index (κ2) is 10.8. The Bertz CT molecular complexity index is 602. The van der Waals surface area contributed by atoms with Gasteiger partial charge in [0, 0.05) is 18.0 Å². The summed E-state index contributed by atoms with van der Waals surface area (Å²) < 4.78 is 0. The Morgan fingerprint density at radius 3 is 2.32 bits per heavy atom. The summed E-state index contributed by atoms with van der Waals surface area (Å²) in [5.41, 5.74) is 1.73. The van der Waals surface area contributed by atoms with E-state index in [0.717, 1.165) is 24.9 Å². The first-order valence-corrected chi connectivity index (χ1v) is 12.9. The number of anilines is 1. The van der Waals surface area contributed by atoms with Crippen LogP contribution in [0.1, 0.15) is 88.3 Å². The molecular weight excluding hydrogens is 360 g/mol. The van der Waals surface area contributed by atoms with Crippen molar-refractivity contribution in [1.82, 2.24) is 4.90 Å². The predicted molar refractivity (Wildman–Crippen MR) is 123 cm³/mol. The number of allylic oxidation sites excluding steroid dienone is 1. The van der Waals surface area contributed by atoms with E-state index in [9.17, 15) is 0 Å². The summed E-state index contributed by atoms with van der Waals surface area (Å²) in [6.45, 7) is 4.80. The van der Waals surface area contributed by atoms with Crippen LogP contribution in [0.3, 0.4) is 0 Å². The largest absolute Gasteiger partial charge is 0.373 e. The summed E-state index contributed by atoms with van der Waals surface area (Å²) in [7, 11) is 0. The number of rotatable bonds is 7. The first kappa shape index (κ1) is 20.5. The van der Waals surface area contributed by atoms with Crippen LogP contribution in [0.15, 0.2) is 23.8 Å². The standard InChI is InChI=1S/C25H40N2S/c1-4-10-21(11-5-1)18-23(22-12-6-2-7-13-22)19-26-25-15-14-24(28-25)20-27-16-8-3-9-17-27/h14-15,18,21-22,26H,1-13,16-17,19-20H2/b23-18+. The van der Waals surface area contributed by atoms with E-state index in [2.05, 4.69) is 28.4 Å². The number of likely N-dealkylation sites (tertiary alicyclic amines) is 1. The van der Waals surface area contributed by atoms with Gasteiger partial charge in [-0.15, -0.1) is 11.3 Å². The van der Waals surface area contributed by atoms with Crippen LogP contribution in [-0.2, 0) is 6.54 Å². The Hall–Kier alpha value is -0.800. The van der Waals surface area contributed by atoms with Crippen molar-refractivity contribution < 1.29 is 0 Å². The molecule has 0 atom stereocenters. The van der Waals surface area contributed by atoms with Gasteiger partial charge in [-0.25, -0.2) is 0 Å². The molecule has 1 N–H and O–H groups in total. The minimum atomic E-state index is 0.843. The number of hydrogen-bond acceptors (Lipinski definition) is 3. The number of nitrogens with zero attached hydrogens (tertiary/aromatic N) is 1. The van der Waals surface area contributed by atoms with E-state index >= 15 is 0 Å². The van der Waals surface area contributed by atoms with Crippen LogP contribution in [0.5, 0.6) is 0 Å². The summed E-state index contributed by atoms with van der Waals surface area (Å²) in [5, 5.41) is 5.19. The van der Waals surface area contributed by atoms with Gasteiger partial charge in [-0.3, -0.25) is 4.90 Å². The maximum Gasteiger partial charge on any atom is 0.0888 e. The Labute approximate surface area is 176 Å². The van der Waals surface area contributed by atoms with Gasteiger partial charge < -0.3 is 5.32 Å². The van der Waals surface area contributed by atoms with Crippen molar-refractivity contribution in [3.63, 3.8) is 0 Å². The van der Waals surface area contributed by atoms with Gasteiger partial charge in [0.2, 0.25) is 0 Å². The van der Waals surface area contributed by atoms with Crippen molar-refractivity contribution in [2.75, 3.05) is 25.0 Å². The van der Waals surface area contributed by atoms with Gasteiger partial charge in [0.05, 0.1) is 5.00 Å². The Balaban J connectivity index is 1.34. The van der Waals surface area contributed by atoms with E-state index in [0.29, 0.717) is 0 Å². The van der Waals surface area contributed by atoms with Gasteiger partial charge in [0.15, 0.2) is 0 Å². The van der Waals surface area contributed by atoms with Crippen molar-refractivity contribution in [3.05, 3.63) is 28.7 Å². The summed E-state index contributed by atoms with van der Waals surface area (Å²) in [4.78, 5) is 4.16. The van der Waals surface area contributed by atoms with Crippen molar-refractivity contribution >= 4 is 16.3 Å². The van der Waals surface area contributed by atoms with Crippen LogP contribution < -0.4 is 5.32 Å². The molecule has 0 aromatic carbocycles. The Morgan fingerprint density at radius 1 is 0.893 bits per heavy atom. The van der Waals surface area contributed by atoms with Crippen molar-refractivity contribution in [1.29, 1.82) is 0 Å². The minimum Gasteiger partial charge on any atom is -0.373 e. The summed E-state index contributed by atoms with van der Waals surface area (Å²) in [5.74, 6) is 1.70. The molecule has 2 saturated carbocycles. The van der Waals surface area contributed by atoms with Gasteiger partial charge in [0.25, 0.3) is 0 Å². The fourth-order valence-corrected chi connectivity index (χ4v) is 6.45. The average molecular weight is 401 g/mol. The van der Waals surface area contributed by atoms with Crippen LogP contribution in [0.2, 0.25) is 0 Å². The van der Waals surface area contributed by atoms with E-state index in [4.69, 9.17) is 0 Å². The maximum absolute atomic E-state index is 3.82. The highest BCUT2D eigenvalue weighted by molar-refractivity contribution is 7.16. The average Bonchev–Trinajstić information content (AvgIpc) is 3.20. The monoisotopic (exact) mass is 400 g/mol. The van der Waals surface area contributed by atoms with Gasteiger partial charge >= 0.3 is 0 Å². The highest BCUT2D eigenvalue weighted by atomic mass is 32.1. The maximum atomic E-state index is 3.82. The van der Waals surface area contributed by atoms with Crippen LogP contribution in [0, 0.1) is 11.8 Å². The lowest BCUT2D eigenvalue weighted by Gasteiger charge is -2.27. The zero-order valence-corrected chi connectivity index (χ0v) is 18.6. The first-order valence-electron chi connectivity index (χ1n) is 12.1. The van der Waals surface area contributed by atoms with Gasteiger partial charge in [0.1, 0.15) is 0 Å². The zero-order valence-electron chi connectivity index (χ0n) is 17.8. The molecule has 2 nitrogen and oxygen atoms in total. The van der Waals surface area contributed by atoms with E-state index in [-0.39, 0.29) is 0 Å². The molecule has 1 aromatic rings. The van der Waals surface area contributed by atoms with E-state index in [1.807, 2.05) is 11.3 Å². The third-order valence-electron chi connectivity index (χ3n) is 7.19. The Kier molecular flexibility index (Phi) is 7.92. The Morgan fingerprint density at radius 2 is 1.57 bits per heavy atom. The van der Waals surface area contributed by atoms with Crippen LogP contribution in [-0.4, -0.2) is 24.5 Å². The fourth-order valence-electron chi connectivity index (χ4n) is 5.50. The molecule has 0 radical (unpaired) electrons. The normalized spacial score (nSPS) is 23.8. The summed E-state index contributed by atoms with van der Waals surface area (Å²) in [6.07, 6.45) is 21.3. The molecule has 2 heterocycles. The second-order valence-corrected chi connectivity index (χ2v) is 10.6. The smallest absolute Gasteiger partial charge is 0.0888 e. The van der Waals surface area contributed by atoms with Gasteiger partial charge in [-0.1, -0.05) is 56.6 Å². The summed E-state index contributed by atoms with van der Waals surface area (Å²) in [6, 6.07) is 4.68. The fraction of sp³-hybridized carbons (Fsp3) is 0.760. The van der Waals surface area contributed by atoms with E-state index < -0.39 is 0 Å². The molecule has 1 aromatic heterocycles. The van der Waals surface area contributed by atoms with E-state index in [1.165, 1.54) is 106 Å². The molecular formula is C25H40N2S. The van der Waals surface area contributed by atoms with Gasteiger partial charge in [-0.2, -0.15) is 0 Å². The first-order chi connectivity index (χ1) is 13.9. The molecule has 3 aliphatic rings. The topological polar surface area (TPSA) is 15.3 Å². The molecule has 4 rings (SSSR count). The molecule has 0 spiro atoms. The molecule has 1 saturated heterocycles. The van der Waals surface area contributed by atoms with Crippen LogP contribution >= 0.6 is 11.3 Å². The van der Waals surface area contributed by atoms with Crippen molar-refractivity contribution in [3.8, 4) is 0 Å². The third kappa shape index (κ3) is 6.10. The molecule has 28 heavy (non-hydrogen) atoms.